The van der Waals surface area contributed by atoms with Gasteiger partial charge in [0.25, 0.3) is 0 Å². The highest BCUT2D eigenvalue weighted by Crippen LogP contribution is 2.33. The number of hydrogen-bond acceptors (Lipinski definition) is 5. The largest absolute Gasteiger partial charge is 0.486 e. The summed E-state index contributed by atoms with van der Waals surface area (Å²) in [7, 11) is 0. The van der Waals surface area contributed by atoms with E-state index in [0.717, 1.165) is 30.3 Å². The van der Waals surface area contributed by atoms with E-state index in [1.807, 2.05) is 6.07 Å². The number of nitrogens with one attached hydrogen (secondary N) is 1. The average molecular weight is 371 g/mol. The summed E-state index contributed by atoms with van der Waals surface area (Å²) in [6, 6.07) is 15.6. The number of piperidine rings is 1. The summed E-state index contributed by atoms with van der Waals surface area (Å²) in [4.78, 5) is 3.87. The number of hydrogen-bond donors (Lipinski definition) is 1. The molecule has 0 saturated carbocycles. The van der Waals surface area contributed by atoms with Crippen LogP contribution in [0.2, 0.25) is 0 Å². The molecule has 2 heterocycles. The SMILES string of the molecule is CSc1ccc(CN2CCCC(Nc3ccc4c(c3)OCCO4)C2)cc1. The molecule has 1 saturated heterocycles. The number of thioether (sulfide) groups is 1. The molecular weight excluding hydrogens is 344 g/mol. The first-order chi connectivity index (χ1) is 12.8. The third-order valence-electron chi connectivity index (χ3n) is 4.98. The number of ether oxygens (including phenoxy) is 2. The molecule has 2 aliphatic heterocycles. The lowest BCUT2D eigenvalue weighted by molar-refractivity contribution is 0.171. The lowest BCUT2D eigenvalue weighted by atomic mass is 10.0. The summed E-state index contributed by atoms with van der Waals surface area (Å²) < 4.78 is 11.3. The molecule has 2 aromatic rings. The lowest BCUT2D eigenvalue weighted by Gasteiger charge is -2.34. The first kappa shape index (κ1) is 17.6. The van der Waals surface area contributed by atoms with Crippen molar-refractivity contribution in [2.75, 3.05) is 37.9 Å². The zero-order chi connectivity index (χ0) is 17.8. The van der Waals surface area contributed by atoms with Crippen LogP contribution in [0.25, 0.3) is 0 Å². The van der Waals surface area contributed by atoms with E-state index in [2.05, 4.69) is 52.9 Å². The summed E-state index contributed by atoms with van der Waals surface area (Å²) in [6.07, 6.45) is 4.55. The Labute approximate surface area is 159 Å². The molecule has 5 heteroatoms. The minimum absolute atomic E-state index is 0.469. The van der Waals surface area contributed by atoms with E-state index >= 15 is 0 Å². The van der Waals surface area contributed by atoms with Gasteiger partial charge in [-0.1, -0.05) is 12.1 Å². The van der Waals surface area contributed by atoms with Crippen molar-refractivity contribution in [3.8, 4) is 11.5 Å². The van der Waals surface area contributed by atoms with E-state index < -0.39 is 0 Å². The molecule has 1 N–H and O–H groups in total. The molecule has 2 aromatic carbocycles. The van der Waals surface area contributed by atoms with Crippen molar-refractivity contribution in [1.29, 1.82) is 0 Å². The van der Waals surface area contributed by atoms with Crippen molar-refractivity contribution in [2.24, 2.45) is 0 Å². The Kier molecular flexibility index (Phi) is 5.56. The van der Waals surface area contributed by atoms with Gasteiger partial charge in [0.15, 0.2) is 11.5 Å². The Morgan fingerprint density at radius 3 is 2.69 bits per heavy atom. The number of anilines is 1. The molecule has 1 fully saturated rings. The van der Waals surface area contributed by atoms with Crippen LogP contribution in [-0.4, -0.2) is 43.5 Å². The molecule has 0 amide bonds. The molecule has 138 valence electrons. The number of benzene rings is 2. The molecule has 2 aliphatic rings. The van der Waals surface area contributed by atoms with E-state index in [0.29, 0.717) is 19.3 Å². The molecule has 0 radical (unpaired) electrons. The average Bonchev–Trinajstić information content (AvgIpc) is 2.69. The van der Waals surface area contributed by atoms with E-state index in [4.69, 9.17) is 9.47 Å². The van der Waals surface area contributed by atoms with Gasteiger partial charge in [-0.15, -0.1) is 11.8 Å². The van der Waals surface area contributed by atoms with Crippen molar-refractivity contribution in [1.82, 2.24) is 4.90 Å². The van der Waals surface area contributed by atoms with Gasteiger partial charge < -0.3 is 14.8 Å². The van der Waals surface area contributed by atoms with Crippen LogP contribution in [0.3, 0.4) is 0 Å². The van der Waals surface area contributed by atoms with Gasteiger partial charge in [0.05, 0.1) is 0 Å². The van der Waals surface area contributed by atoms with Crippen LogP contribution in [0.4, 0.5) is 5.69 Å². The third kappa shape index (κ3) is 4.27. The molecular formula is C21H26N2O2S. The van der Waals surface area contributed by atoms with Crippen molar-refractivity contribution in [3.05, 3.63) is 48.0 Å². The van der Waals surface area contributed by atoms with Gasteiger partial charge in [0.2, 0.25) is 0 Å². The summed E-state index contributed by atoms with van der Waals surface area (Å²) in [5.74, 6) is 1.70. The van der Waals surface area contributed by atoms with Crippen molar-refractivity contribution in [3.63, 3.8) is 0 Å². The molecule has 0 aliphatic carbocycles. The summed E-state index contributed by atoms with van der Waals surface area (Å²) >= 11 is 1.79. The van der Waals surface area contributed by atoms with Crippen LogP contribution < -0.4 is 14.8 Å². The smallest absolute Gasteiger partial charge is 0.163 e. The fourth-order valence-corrected chi connectivity index (χ4v) is 4.08. The Bertz CT molecular complexity index is 735. The maximum Gasteiger partial charge on any atom is 0.163 e. The standard InChI is InChI=1S/C21H26N2O2S/c1-26-19-7-4-16(5-8-19)14-23-10-2-3-18(15-23)22-17-6-9-20-21(13-17)25-12-11-24-20/h4-9,13,18,22H,2-3,10-12,14-15H2,1H3. The molecule has 4 nitrogen and oxygen atoms in total. The van der Waals surface area contributed by atoms with Gasteiger partial charge in [-0.25, -0.2) is 0 Å². The van der Waals surface area contributed by atoms with Gasteiger partial charge in [-0.3, -0.25) is 4.90 Å². The first-order valence-electron chi connectivity index (χ1n) is 9.31. The monoisotopic (exact) mass is 370 g/mol. The second-order valence-electron chi connectivity index (χ2n) is 6.93. The van der Waals surface area contributed by atoms with Crippen LogP contribution in [-0.2, 0) is 6.54 Å². The van der Waals surface area contributed by atoms with Crippen LogP contribution in [0.1, 0.15) is 18.4 Å². The van der Waals surface area contributed by atoms with Crippen LogP contribution >= 0.6 is 11.8 Å². The number of likely N-dealkylation sites (tertiary alicyclic amines) is 1. The van der Waals surface area contributed by atoms with Crippen LogP contribution in [0, 0.1) is 0 Å². The van der Waals surface area contributed by atoms with E-state index in [1.165, 1.54) is 29.8 Å². The fourth-order valence-electron chi connectivity index (χ4n) is 3.67. The summed E-state index contributed by atoms with van der Waals surface area (Å²) in [6.45, 7) is 4.52. The third-order valence-corrected chi connectivity index (χ3v) is 5.73. The Morgan fingerprint density at radius 2 is 1.88 bits per heavy atom. The summed E-state index contributed by atoms with van der Waals surface area (Å²) in [5, 5.41) is 3.68. The van der Waals surface area contributed by atoms with Gasteiger partial charge in [0.1, 0.15) is 13.2 Å². The zero-order valence-electron chi connectivity index (χ0n) is 15.2. The maximum absolute atomic E-state index is 5.70. The normalized spacial score (nSPS) is 20.0. The highest BCUT2D eigenvalue weighted by atomic mass is 32.2. The molecule has 1 atom stereocenters. The van der Waals surface area contributed by atoms with Crippen molar-refractivity contribution < 1.29 is 9.47 Å². The van der Waals surface area contributed by atoms with Crippen molar-refractivity contribution >= 4 is 17.4 Å². The number of nitrogens with zero attached hydrogens (tertiary/aromatic N) is 1. The Hall–Kier alpha value is -1.85. The van der Waals surface area contributed by atoms with Gasteiger partial charge >= 0.3 is 0 Å². The molecule has 1 unspecified atom stereocenters. The molecule has 0 spiro atoms. The molecule has 26 heavy (non-hydrogen) atoms. The Morgan fingerprint density at radius 1 is 1.08 bits per heavy atom. The molecule has 4 rings (SSSR count). The van der Waals surface area contributed by atoms with Crippen LogP contribution in [0.5, 0.6) is 11.5 Å². The molecule has 0 bridgehead atoms. The predicted octanol–water partition coefficient (Wildman–Crippen LogP) is 4.26. The summed E-state index contributed by atoms with van der Waals surface area (Å²) in [5.41, 5.74) is 2.51. The first-order valence-corrected chi connectivity index (χ1v) is 10.5. The Balaban J connectivity index is 1.35. The lowest BCUT2D eigenvalue weighted by Crippen LogP contribution is -2.41. The van der Waals surface area contributed by atoms with Gasteiger partial charge in [0, 0.05) is 35.8 Å². The fraction of sp³-hybridized carbons (Fsp3) is 0.429. The highest BCUT2D eigenvalue weighted by molar-refractivity contribution is 7.98. The minimum Gasteiger partial charge on any atom is -0.486 e. The minimum atomic E-state index is 0.469. The number of rotatable bonds is 5. The quantitative estimate of drug-likeness (QED) is 0.796. The molecule has 0 aromatic heterocycles. The number of fused-ring (bicyclic) bond motifs is 1. The van der Waals surface area contributed by atoms with Gasteiger partial charge in [-0.05, 0) is 55.5 Å². The predicted molar refractivity (Wildman–Crippen MR) is 108 cm³/mol. The zero-order valence-corrected chi connectivity index (χ0v) is 16.1. The van der Waals surface area contributed by atoms with Crippen molar-refractivity contribution in [2.45, 2.75) is 30.3 Å². The maximum atomic E-state index is 5.70. The topological polar surface area (TPSA) is 33.7 Å². The van der Waals surface area contributed by atoms with Crippen LogP contribution in [0.15, 0.2) is 47.4 Å². The van der Waals surface area contributed by atoms with E-state index in [9.17, 15) is 0 Å². The van der Waals surface area contributed by atoms with E-state index in [-0.39, 0.29) is 0 Å². The van der Waals surface area contributed by atoms with Gasteiger partial charge in [-0.2, -0.15) is 0 Å². The second kappa shape index (κ2) is 8.23. The second-order valence-corrected chi connectivity index (χ2v) is 7.80. The van der Waals surface area contributed by atoms with E-state index in [1.54, 1.807) is 11.8 Å². The highest BCUT2D eigenvalue weighted by Gasteiger charge is 2.20.